The number of carbonyl (C=O) groups excluding carboxylic acids is 1. The summed E-state index contributed by atoms with van der Waals surface area (Å²) >= 11 is 0. The fourth-order valence-corrected chi connectivity index (χ4v) is 2.65. The number of fused-ring (bicyclic) bond motifs is 1. The predicted octanol–water partition coefficient (Wildman–Crippen LogP) is 2.16. The minimum atomic E-state index is -0.312. The smallest absolute Gasteiger partial charge is 0.338 e. The van der Waals surface area contributed by atoms with Crippen LogP contribution in [-0.2, 0) is 17.8 Å². The number of benzene rings is 1. The quantitative estimate of drug-likeness (QED) is 0.371. The van der Waals surface area contributed by atoms with Gasteiger partial charge < -0.3 is 15.4 Å². The maximum absolute atomic E-state index is 11.7. The molecule has 3 aromatic rings. The second-order valence-electron chi connectivity index (χ2n) is 6.01. The lowest BCUT2D eigenvalue weighted by molar-refractivity contribution is 0.0526. The number of hydrogen-bond donors (Lipinski definition) is 2. The van der Waals surface area contributed by atoms with Gasteiger partial charge in [0.25, 0.3) is 0 Å². The van der Waals surface area contributed by atoms with Gasteiger partial charge in [-0.05, 0) is 43.7 Å². The molecule has 0 spiro atoms. The van der Waals surface area contributed by atoms with Gasteiger partial charge >= 0.3 is 5.97 Å². The Morgan fingerprint density at radius 2 is 1.93 bits per heavy atom. The molecule has 0 aliphatic rings. The highest BCUT2D eigenvalue weighted by Crippen LogP contribution is 2.07. The Balaban J connectivity index is 1.63. The Hall–Kier alpha value is -3.42. The summed E-state index contributed by atoms with van der Waals surface area (Å²) in [6, 6.07) is 13.1. The van der Waals surface area contributed by atoms with E-state index in [0.717, 1.165) is 23.6 Å². The van der Waals surface area contributed by atoms with Crippen molar-refractivity contribution < 1.29 is 9.53 Å². The Bertz CT molecular complexity index is 949. The second-order valence-corrected chi connectivity index (χ2v) is 6.01. The molecule has 2 aromatic heterocycles. The van der Waals surface area contributed by atoms with Gasteiger partial charge in [-0.1, -0.05) is 18.2 Å². The van der Waals surface area contributed by atoms with Crippen LogP contribution in [0.2, 0.25) is 0 Å². The standard InChI is InChI=1S/C20H24N6O2/c1-3-21-20(23-14-18-25-24-17-7-5-6-12-26(17)18)22-13-15-8-10-16(11-9-15)19(27)28-4-2/h5-12H,3-4,13-14H2,1-2H3,(H2,21,22,23). The molecule has 146 valence electrons. The molecule has 0 aliphatic carbocycles. The number of nitrogens with one attached hydrogen (secondary N) is 2. The molecule has 2 N–H and O–H groups in total. The molecular weight excluding hydrogens is 356 g/mol. The van der Waals surface area contributed by atoms with E-state index < -0.39 is 0 Å². The van der Waals surface area contributed by atoms with E-state index in [4.69, 9.17) is 4.74 Å². The normalized spacial score (nSPS) is 11.4. The number of esters is 1. The van der Waals surface area contributed by atoms with Crippen LogP contribution in [0.4, 0.5) is 0 Å². The molecule has 0 fully saturated rings. The van der Waals surface area contributed by atoms with Gasteiger partial charge in [0.2, 0.25) is 0 Å². The van der Waals surface area contributed by atoms with Crippen LogP contribution in [0.15, 0.2) is 53.7 Å². The van der Waals surface area contributed by atoms with Crippen LogP contribution >= 0.6 is 0 Å². The van der Waals surface area contributed by atoms with Crippen LogP contribution in [0.1, 0.15) is 35.6 Å². The Morgan fingerprint density at radius 1 is 1.11 bits per heavy atom. The van der Waals surface area contributed by atoms with E-state index in [1.807, 2.05) is 47.9 Å². The summed E-state index contributed by atoms with van der Waals surface area (Å²) in [6.45, 7) is 5.90. The zero-order chi connectivity index (χ0) is 19.8. The summed E-state index contributed by atoms with van der Waals surface area (Å²) in [7, 11) is 0. The first kappa shape index (κ1) is 19.3. The van der Waals surface area contributed by atoms with Crippen molar-refractivity contribution >= 4 is 17.6 Å². The van der Waals surface area contributed by atoms with Crippen molar-refractivity contribution in [3.63, 3.8) is 0 Å². The minimum Gasteiger partial charge on any atom is -0.462 e. The molecule has 28 heavy (non-hydrogen) atoms. The van der Waals surface area contributed by atoms with Crippen molar-refractivity contribution in [1.82, 2.24) is 25.2 Å². The molecule has 0 atom stereocenters. The highest BCUT2D eigenvalue weighted by molar-refractivity contribution is 5.89. The Labute approximate surface area is 163 Å². The first-order valence-electron chi connectivity index (χ1n) is 9.28. The fourth-order valence-electron chi connectivity index (χ4n) is 2.65. The molecule has 3 rings (SSSR count). The van der Waals surface area contributed by atoms with Crippen LogP contribution < -0.4 is 10.6 Å². The van der Waals surface area contributed by atoms with E-state index in [1.54, 1.807) is 19.1 Å². The average molecular weight is 380 g/mol. The van der Waals surface area contributed by atoms with E-state index in [0.29, 0.717) is 31.2 Å². The highest BCUT2D eigenvalue weighted by atomic mass is 16.5. The summed E-state index contributed by atoms with van der Waals surface area (Å²) in [5.41, 5.74) is 2.35. The lowest BCUT2D eigenvalue weighted by atomic mass is 10.1. The van der Waals surface area contributed by atoms with E-state index in [9.17, 15) is 4.79 Å². The van der Waals surface area contributed by atoms with Crippen molar-refractivity contribution in [2.75, 3.05) is 13.2 Å². The number of nitrogens with zero attached hydrogens (tertiary/aromatic N) is 4. The molecule has 0 amide bonds. The van der Waals surface area contributed by atoms with Crippen molar-refractivity contribution in [2.24, 2.45) is 4.99 Å². The van der Waals surface area contributed by atoms with Gasteiger partial charge in [-0.25, -0.2) is 9.79 Å². The molecular formula is C20H24N6O2. The first-order chi connectivity index (χ1) is 13.7. The largest absolute Gasteiger partial charge is 0.462 e. The van der Waals surface area contributed by atoms with Crippen LogP contribution in [0.3, 0.4) is 0 Å². The number of carbonyl (C=O) groups is 1. The van der Waals surface area contributed by atoms with Gasteiger partial charge in [-0.2, -0.15) is 0 Å². The molecule has 8 heteroatoms. The highest BCUT2D eigenvalue weighted by Gasteiger charge is 2.07. The lowest BCUT2D eigenvalue weighted by Gasteiger charge is -2.10. The van der Waals surface area contributed by atoms with Crippen molar-refractivity contribution in [1.29, 1.82) is 0 Å². The molecule has 0 saturated carbocycles. The zero-order valence-corrected chi connectivity index (χ0v) is 16.1. The lowest BCUT2D eigenvalue weighted by Crippen LogP contribution is -2.37. The van der Waals surface area contributed by atoms with Gasteiger partial charge in [-0.15, -0.1) is 10.2 Å². The van der Waals surface area contributed by atoms with Gasteiger partial charge in [0.05, 0.1) is 25.3 Å². The molecule has 1 aromatic carbocycles. The molecule has 2 heterocycles. The van der Waals surface area contributed by atoms with Crippen LogP contribution in [0, 0.1) is 0 Å². The van der Waals surface area contributed by atoms with Gasteiger partial charge in [-0.3, -0.25) is 4.40 Å². The van der Waals surface area contributed by atoms with E-state index in [2.05, 4.69) is 25.8 Å². The van der Waals surface area contributed by atoms with Crippen molar-refractivity contribution in [3.05, 3.63) is 65.6 Å². The average Bonchev–Trinajstić information content (AvgIpc) is 3.14. The molecule has 0 radical (unpaired) electrons. The van der Waals surface area contributed by atoms with Crippen LogP contribution in [0.5, 0.6) is 0 Å². The molecule has 8 nitrogen and oxygen atoms in total. The molecule has 0 saturated heterocycles. The number of guanidine groups is 1. The number of rotatable bonds is 7. The third-order valence-corrected chi connectivity index (χ3v) is 4.03. The minimum absolute atomic E-state index is 0.312. The molecule has 0 unspecified atom stereocenters. The van der Waals surface area contributed by atoms with Crippen LogP contribution in [0.25, 0.3) is 5.65 Å². The number of hydrogen-bond acceptors (Lipinski definition) is 5. The van der Waals surface area contributed by atoms with Gasteiger partial charge in [0, 0.05) is 12.7 Å². The van der Waals surface area contributed by atoms with Crippen molar-refractivity contribution in [2.45, 2.75) is 26.9 Å². The summed E-state index contributed by atoms with van der Waals surface area (Å²) < 4.78 is 6.93. The SMILES string of the molecule is CCNC(=NCc1ccc(C(=O)OCC)cc1)NCc1nnc2ccccn12. The fraction of sp³-hybridized carbons (Fsp3) is 0.300. The summed E-state index contributed by atoms with van der Waals surface area (Å²) in [5.74, 6) is 1.18. The molecule has 0 aliphatic heterocycles. The van der Waals surface area contributed by atoms with E-state index >= 15 is 0 Å². The van der Waals surface area contributed by atoms with Gasteiger partial charge in [0.1, 0.15) is 0 Å². The number of aromatic nitrogens is 3. The summed E-state index contributed by atoms with van der Waals surface area (Å²) in [4.78, 5) is 16.3. The maximum atomic E-state index is 11.7. The number of pyridine rings is 1. The van der Waals surface area contributed by atoms with E-state index in [1.165, 1.54) is 0 Å². The third kappa shape index (κ3) is 4.85. The van der Waals surface area contributed by atoms with Crippen LogP contribution in [-0.4, -0.2) is 39.7 Å². The number of ether oxygens (including phenoxy) is 1. The predicted molar refractivity (Wildman–Crippen MR) is 107 cm³/mol. The first-order valence-corrected chi connectivity index (χ1v) is 9.28. The van der Waals surface area contributed by atoms with E-state index in [-0.39, 0.29) is 5.97 Å². The Kier molecular flexibility index (Phi) is 6.56. The second kappa shape index (κ2) is 9.50. The third-order valence-electron chi connectivity index (χ3n) is 4.03. The zero-order valence-electron chi connectivity index (χ0n) is 16.1. The molecule has 0 bridgehead atoms. The summed E-state index contributed by atoms with van der Waals surface area (Å²) in [5, 5.41) is 14.8. The van der Waals surface area contributed by atoms with Gasteiger partial charge in [0.15, 0.2) is 17.4 Å². The summed E-state index contributed by atoms with van der Waals surface area (Å²) in [6.07, 6.45) is 1.93. The number of aliphatic imine (C=N–C) groups is 1. The van der Waals surface area contributed by atoms with Crippen molar-refractivity contribution in [3.8, 4) is 0 Å². The Morgan fingerprint density at radius 3 is 2.68 bits per heavy atom. The monoisotopic (exact) mass is 380 g/mol. The topological polar surface area (TPSA) is 92.9 Å². The maximum Gasteiger partial charge on any atom is 0.338 e.